The third-order valence-corrected chi connectivity index (χ3v) is 2.94. The topological polar surface area (TPSA) is 84.7 Å². The number of nitrogens with zero attached hydrogens (tertiary/aromatic N) is 1. The molecule has 1 fully saturated rings. The van der Waals surface area contributed by atoms with Crippen molar-refractivity contribution in [3.05, 3.63) is 0 Å². The Kier molecular flexibility index (Phi) is 5.37. The van der Waals surface area contributed by atoms with Gasteiger partial charge in [-0.1, -0.05) is 0 Å². The summed E-state index contributed by atoms with van der Waals surface area (Å²) in [5.74, 6) is -0.294. The van der Waals surface area contributed by atoms with E-state index in [2.05, 4.69) is 5.32 Å². The number of nitrogens with one attached hydrogen (secondary N) is 1. The van der Waals surface area contributed by atoms with E-state index in [0.29, 0.717) is 26.0 Å². The number of hydrogen-bond acceptors (Lipinski definition) is 4. The van der Waals surface area contributed by atoms with Crippen molar-refractivity contribution < 1.29 is 14.3 Å². The monoisotopic (exact) mass is 243 g/mol. The fraction of sp³-hybridized carbons (Fsp3) is 0.818. The van der Waals surface area contributed by atoms with Crippen LogP contribution in [0.25, 0.3) is 0 Å². The Bertz CT molecular complexity index is 283. The van der Waals surface area contributed by atoms with Gasteiger partial charge in [-0.3, -0.25) is 9.59 Å². The molecule has 0 aromatic carbocycles. The minimum absolute atomic E-state index is 0.0394. The van der Waals surface area contributed by atoms with E-state index in [1.165, 1.54) is 0 Å². The number of likely N-dealkylation sites (N-methyl/N-ethyl adjacent to an activating group) is 1. The number of hydrogen-bond donors (Lipinski definition) is 2. The number of amides is 2. The second-order valence-corrected chi connectivity index (χ2v) is 4.35. The fourth-order valence-corrected chi connectivity index (χ4v) is 1.81. The highest BCUT2D eigenvalue weighted by molar-refractivity contribution is 5.90. The van der Waals surface area contributed by atoms with Gasteiger partial charge in [0.05, 0.1) is 6.04 Å². The zero-order chi connectivity index (χ0) is 12.8. The second-order valence-electron chi connectivity index (χ2n) is 4.35. The first-order chi connectivity index (χ1) is 8.06. The first-order valence-corrected chi connectivity index (χ1v) is 5.86. The molecule has 1 aliphatic heterocycles. The second kappa shape index (κ2) is 6.56. The van der Waals surface area contributed by atoms with Gasteiger partial charge in [-0.2, -0.15) is 0 Å². The van der Waals surface area contributed by atoms with Gasteiger partial charge in [0.25, 0.3) is 0 Å². The average molecular weight is 243 g/mol. The number of nitrogens with two attached hydrogens (primary N) is 1. The Morgan fingerprint density at radius 1 is 1.71 bits per heavy atom. The summed E-state index contributed by atoms with van der Waals surface area (Å²) in [6, 6.07) is -0.968. The van der Waals surface area contributed by atoms with Gasteiger partial charge in [-0.15, -0.1) is 0 Å². The lowest BCUT2D eigenvalue weighted by Gasteiger charge is -2.16. The van der Waals surface area contributed by atoms with Crippen LogP contribution in [0.4, 0.5) is 0 Å². The number of carbonyl (C=O) groups excluding carboxylic acids is 2. The van der Waals surface area contributed by atoms with Crippen molar-refractivity contribution in [1.29, 1.82) is 0 Å². The lowest BCUT2D eigenvalue weighted by Crippen LogP contribution is -2.48. The number of likely N-dealkylation sites (tertiary alicyclic amines) is 1. The van der Waals surface area contributed by atoms with Gasteiger partial charge in [0.1, 0.15) is 6.04 Å². The van der Waals surface area contributed by atoms with Gasteiger partial charge < -0.3 is 20.7 Å². The smallest absolute Gasteiger partial charge is 0.244 e. The maximum absolute atomic E-state index is 11.7. The SMILES string of the molecule is COCCCC(N)C(=O)NC1CCN(C)C1=O. The van der Waals surface area contributed by atoms with E-state index < -0.39 is 12.1 Å². The number of ether oxygens (including phenoxy) is 1. The van der Waals surface area contributed by atoms with Crippen LogP contribution in [0.3, 0.4) is 0 Å². The van der Waals surface area contributed by atoms with Crippen LogP contribution in [0.15, 0.2) is 0 Å². The van der Waals surface area contributed by atoms with Crippen molar-refractivity contribution >= 4 is 11.8 Å². The van der Waals surface area contributed by atoms with Crippen LogP contribution in [0.2, 0.25) is 0 Å². The molecule has 0 radical (unpaired) electrons. The Hall–Kier alpha value is -1.14. The molecule has 0 aromatic heterocycles. The van der Waals surface area contributed by atoms with E-state index in [4.69, 9.17) is 10.5 Å². The van der Waals surface area contributed by atoms with Crippen LogP contribution < -0.4 is 11.1 Å². The molecule has 1 rings (SSSR count). The summed E-state index contributed by atoms with van der Waals surface area (Å²) in [6.07, 6.45) is 1.96. The van der Waals surface area contributed by atoms with Crippen molar-refractivity contribution in [2.75, 3.05) is 27.3 Å². The van der Waals surface area contributed by atoms with Crippen molar-refractivity contribution in [1.82, 2.24) is 10.2 Å². The number of carbonyl (C=O) groups is 2. The Labute approximate surface area is 101 Å². The normalized spacial score (nSPS) is 21.7. The van der Waals surface area contributed by atoms with Gasteiger partial charge in [0, 0.05) is 27.3 Å². The van der Waals surface area contributed by atoms with Crippen molar-refractivity contribution in [2.24, 2.45) is 5.73 Å². The summed E-state index contributed by atoms with van der Waals surface area (Å²) in [5, 5.41) is 2.69. The molecule has 0 spiro atoms. The third-order valence-electron chi connectivity index (χ3n) is 2.94. The van der Waals surface area contributed by atoms with Crippen LogP contribution in [-0.2, 0) is 14.3 Å². The summed E-state index contributed by atoms with van der Waals surface area (Å²) in [6.45, 7) is 1.27. The predicted molar refractivity (Wildman–Crippen MR) is 63.3 cm³/mol. The molecule has 6 heteroatoms. The van der Waals surface area contributed by atoms with Gasteiger partial charge in [-0.05, 0) is 19.3 Å². The van der Waals surface area contributed by atoms with E-state index in [-0.39, 0.29) is 11.8 Å². The quantitative estimate of drug-likeness (QED) is 0.591. The predicted octanol–water partition coefficient (Wildman–Crippen LogP) is -0.913. The van der Waals surface area contributed by atoms with Crippen molar-refractivity contribution in [3.63, 3.8) is 0 Å². The highest BCUT2D eigenvalue weighted by atomic mass is 16.5. The van der Waals surface area contributed by atoms with Gasteiger partial charge in [-0.25, -0.2) is 0 Å². The number of rotatable bonds is 6. The van der Waals surface area contributed by atoms with E-state index in [0.717, 1.165) is 6.42 Å². The lowest BCUT2D eigenvalue weighted by atomic mass is 10.1. The third kappa shape index (κ3) is 3.98. The largest absolute Gasteiger partial charge is 0.385 e. The minimum atomic E-state index is -0.566. The highest BCUT2D eigenvalue weighted by Gasteiger charge is 2.31. The summed E-state index contributed by atoms with van der Waals surface area (Å²) in [7, 11) is 3.34. The van der Waals surface area contributed by atoms with E-state index in [9.17, 15) is 9.59 Å². The molecule has 3 N–H and O–H groups in total. The zero-order valence-electron chi connectivity index (χ0n) is 10.4. The fourth-order valence-electron chi connectivity index (χ4n) is 1.81. The van der Waals surface area contributed by atoms with Crippen LogP contribution in [0.1, 0.15) is 19.3 Å². The zero-order valence-corrected chi connectivity index (χ0v) is 10.4. The molecular formula is C11H21N3O3. The summed E-state index contributed by atoms with van der Waals surface area (Å²) in [4.78, 5) is 24.9. The number of methoxy groups -OCH3 is 1. The van der Waals surface area contributed by atoms with Crippen molar-refractivity contribution in [3.8, 4) is 0 Å². The first-order valence-electron chi connectivity index (χ1n) is 5.86. The molecule has 0 aliphatic carbocycles. The molecule has 0 bridgehead atoms. The Morgan fingerprint density at radius 2 is 2.41 bits per heavy atom. The molecule has 0 aromatic rings. The molecule has 1 aliphatic rings. The standard InChI is InChI=1S/C11H21N3O3/c1-14-6-5-9(11(14)16)13-10(15)8(12)4-3-7-17-2/h8-9H,3-7,12H2,1-2H3,(H,13,15). The molecule has 98 valence electrons. The maximum atomic E-state index is 11.7. The maximum Gasteiger partial charge on any atom is 0.244 e. The lowest BCUT2D eigenvalue weighted by molar-refractivity contribution is -0.132. The van der Waals surface area contributed by atoms with Crippen molar-refractivity contribution in [2.45, 2.75) is 31.3 Å². The first kappa shape index (κ1) is 13.9. The molecule has 2 atom stereocenters. The summed E-state index contributed by atoms with van der Waals surface area (Å²) < 4.78 is 4.89. The molecular weight excluding hydrogens is 222 g/mol. The van der Waals surface area contributed by atoms with Crippen LogP contribution in [0, 0.1) is 0 Å². The molecule has 2 unspecified atom stereocenters. The van der Waals surface area contributed by atoms with Gasteiger partial charge in [0.2, 0.25) is 11.8 Å². The van der Waals surface area contributed by atoms with Crippen LogP contribution in [-0.4, -0.2) is 56.1 Å². The van der Waals surface area contributed by atoms with Gasteiger partial charge in [0.15, 0.2) is 0 Å². The summed E-state index contributed by atoms with van der Waals surface area (Å²) >= 11 is 0. The Morgan fingerprint density at radius 3 is 2.94 bits per heavy atom. The minimum Gasteiger partial charge on any atom is -0.385 e. The van der Waals surface area contributed by atoms with E-state index in [1.54, 1.807) is 19.1 Å². The van der Waals surface area contributed by atoms with E-state index >= 15 is 0 Å². The van der Waals surface area contributed by atoms with Gasteiger partial charge >= 0.3 is 0 Å². The molecule has 1 heterocycles. The molecule has 0 saturated carbocycles. The molecule has 2 amide bonds. The van der Waals surface area contributed by atoms with E-state index in [1.807, 2.05) is 0 Å². The molecule has 17 heavy (non-hydrogen) atoms. The summed E-state index contributed by atoms with van der Waals surface area (Å²) in [5.41, 5.74) is 5.72. The van der Waals surface area contributed by atoms with Crippen LogP contribution in [0.5, 0.6) is 0 Å². The Balaban J connectivity index is 2.31. The highest BCUT2D eigenvalue weighted by Crippen LogP contribution is 2.08. The average Bonchev–Trinajstić information content (AvgIpc) is 2.61. The van der Waals surface area contributed by atoms with Crippen LogP contribution >= 0.6 is 0 Å². The molecule has 1 saturated heterocycles. The molecule has 6 nitrogen and oxygen atoms in total.